The normalized spacial score (nSPS) is 11.8. The molecule has 2 heterocycles. The number of hydrogen-bond donors (Lipinski definition) is 1. The van der Waals surface area contributed by atoms with Crippen LogP contribution in [0.1, 0.15) is 29.9 Å². The molecule has 24 heavy (non-hydrogen) atoms. The number of nitrogens with zero attached hydrogens (tertiary/aromatic N) is 1. The number of rotatable bonds is 4. The Morgan fingerprint density at radius 3 is 2.54 bits per heavy atom. The Balaban J connectivity index is 2.11. The zero-order valence-corrected chi connectivity index (χ0v) is 14.8. The fourth-order valence-electron chi connectivity index (χ4n) is 2.69. The number of aromatic amines is 1. The van der Waals surface area contributed by atoms with Gasteiger partial charge >= 0.3 is 5.69 Å². The summed E-state index contributed by atoms with van der Waals surface area (Å²) in [5, 5.41) is 0.618. The molecule has 0 saturated heterocycles. The summed E-state index contributed by atoms with van der Waals surface area (Å²) >= 11 is 1.44. The molecule has 5 heteroatoms. The summed E-state index contributed by atoms with van der Waals surface area (Å²) in [4.78, 5) is 29.4. The summed E-state index contributed by atoms with van der Waals surface area (Å²) in [7, 11) is 0. The minimum atomic E-state index is -0.332. The van der Waals surface area contributed by atoms with Crippen molar-refractivity contribution in [2.24, 2.45) is 5.92 Å². The number of thiophene rings is 1. The summed E-state index contributed by atoms with van der Waals surface area (Å²) in [5.74, 6) is 0.234. The van der Waals surface area contributed by atoms with E-state index >= 15 is 0 Å². The van der Waals surface area contributed by atoms with Gasteiger partial charge in [-0.15, -0.1) is 11.3 Å². The second-order valence-electron chi connectivity index (χ2n) is 6.28. The van der Waals surface area contributed by atoms with Crippen LogP contribution in [0.2, 0.25) is 0 Å². The van der Waals surface area contributed by atoms with E-state index in [-0.39, 0.29) is 17.2 Å². The van der Waals surface area contributed by atoms with Crippen molar-refractivity contribution >= 4 is 33.7 Å². The number of aryl methyl sites for hydroxylation is 1. The van der Waals surface area contributed by atoms with Gasteiger partial charge in [-0.2, -0.15) is 0 Å². The van der Waals surface area contributed by atoms with Gasteiger partial charge in [-0.3, -0.25) is 14.3 Å². The topological polar surface area (TPSA) is 54.9 Å². The average molecular weight is 340 g/mol. The molecule has 0 saturated carbocycles. The van der Waals surface area contributed by atoms with Gasteiger partial charge in [-0.05, 0) is 30.0 Å². The predicted octanol–water partition coefficient (Wildman–Crippen LogP) is 3.89. The van der Waals surface area contributed by atoms with Gasteiger partial charge in [0.2, 0.25) is 0 Å². The van der Waals surface area contributed by atoms with Gasteiger partial charge in [-0.1, -0.05) is 50.3 Å². The first-order chi connectivity index (χ1) is 11.5. The van der Waals surface area contributed by atoms with E-state index in [1.807, 2.05) is 63.3 Å². The molecule has 4 nitrogen and oxygen atoms in total. The average Bonchev–Trinajstić information content (AvgIpc) is 2.86. The zero-order valence-electron chi connectivity index (χ0n) is 14.0. The Morgan fingerprint density at radius 1 is 1.17 bits per heavy atom. The SMILES string of the molecule is Cc1c(/C=C/c2ccccc2)sc2[nH]c(=O)n(CC(C)C)c(=O)c12. The van der Waals surface area contributed by atoms with Crippen molar-refractivity contribution in [3.05, 3.63) is 67.2 Å². The maximum Gasteiger partial charge on any atom is 0.329 e. The molecule has 0 bridgehead atoms. The smallest absolute Gasteiger partial charge is 0.298 e. The number of H-pyrrole nitrogens is 1. The number of hydrogen-bond acceptors (Lipinski definition) is 3. The van der Waals surface area contributed by atoms with Crippen LogP contribution < -0.4 is 11.2 Å². The van der Waals surface area contributed by atoms with E-state index in [1.165, 1.54) is 15.9 Å². The molecule has 0 spiro atoms. The maximum atomic E-state index is 12.7. The van der Waals surface area contributed by atoms with Crippen molar-refractivity contribution in [1.29, 1.82) is 0 Å². The van der Waals surface area contributed by atoms with Crippen molar-refractivity contribution in [3.63, 3.8) is 0 Å². The summed E-state index contributed by atoms with van der Waals surface area (Å²) in [6.07, 6.45) is 4.02. The molecule has 0 aliphatic heterocycles. The molecule has 124 valence electrons. The van der Waals surface area contributed by atoms with Crippen LogP contribution >= 0.6 is 11.3 Å². The lowest BCUT2D eigenvalue weighted by atomic mass is 10.1. The first kappa shape index (κ1) is 16.5. The van der Waals surface area contributed by atoms with E-state index in [0.29, 0.717) is 16.8 Å². The van der Waals surface area contributed by atoms with E-state index in [2.05, 4.69) is 4.98 Å². The van der Waals surface area contributed by atoms with Crippen LogP contribution in [0.15, 0.2) is 39.9 Å². The molecule has 0 radical (unpaired) electrons. The van der Waals surface area contributed by atoms with Crippen LogP contribution in [0.25, 0.3) is 22.4 Å². The fourth-order valence-corrected chi connectivity index (χ4v) is 3.79. The quantitative estimate of drug-likeness (QED) is 0.783. The Hall–Kier alpha value is -2.40. The van der Waals surface area contributed by atoms with Crippen molar-refractivity contribution in [3.8, 4) is 0 Å². The van der Waals surface area contributed by atoms with E-state index in [4.69, 9.17) is 0 Å². The van der Waals surface area contributed by atoms with Crippen molar-refractivity contribution in [2.75, 3.05) is 0 Å². The van der Waals surface area contributed by atoms with E-state index in [0.717, 1.165) is 16.0 Å². The maximum absolute atomic E-state index is 12.7. The number of fused-ring (bicyclic) bond motifs is 1. The lowest BCUT2D eigenvalue weighted by Crippen LogP contribution is -2.36. The van der Waals surface area contributed by atoms with Crippen LogP contribution in [0.3, 0.4) is 0 Å². The first-order valence-corrected chi connectivity index (χ1v) is 8.78. The predicted molar refractivity (Wildman–Crippen MR) is 102 cm³/mol. The molecule has 0 amide bonds. The van der Waals surface area contributed by atoms with E-state index in [9.17, 15) is 9.59 Å². The van der Waals surface area contributed by atoms with Crippen LogP contribution in [0, 0.1) is 12.8 Å². The molecule has 0 aliphatic carbocycles. The van der Waals surface area contributed by atoms with Gasteiger partial charge in [0.25, 0.3) is 5.56 Å². The van der Waals surface area contributed by atoms with Gasteiger partial charge in [0.05, 0.1) is 5.39 Å². The Morgan fingerprint density at radius 2 is 1.88 bits per heavy atom. The summed E-state index contributed by atoms with van der Waals surface area (Å²) in [6, 6.07) is 10.00. The van der Waals surface area contributed by atoms with Crippen molar-refractivity contribution in [2.45, 2.75) is 27.3 Å². The molecule has 3 rings (SSSR count). The lowest BCUT2D eigenvalue weighted by Gasteiger charge is -2.07. The highest BCUT2D eigenvalue weighted by Crippen LogP contribution is 2.28. The largest absolute Gasteiger partial charge is 0.329 e. The second-order valence-corrected chi connectivity index (χ2v) is 7.33. The van der Waals surface area contributed by atoms with Crippen LogP contribution in [-0.2, 0) is 6.54 Å². The highest BCUT2D eigenvalue weighted by Gasteiger charge is 2.15. The van der Waals surface area contributed by atoms with Gasteiger partial charge in [0.15, 0.2) is 0 Å². The molecule has 3 aromatic rings. The highest BCUT2D eigenvalue weighted by molar-refractivity contribution is 7.19. The molecule has 0 aliphatic rings. The third kappa shape index (κ3) is 3.12. The number of nitrogens with one attached hydrogen (secondary N) is 1. The third-order valence-electron chi connectivity index (χ3n) is 3.88. The van der Waals surface area contributed by atoms with Crippen molar-refractivity contribution < 1.29 is 0 Å². The first-order valence-electron chi connectivity index (χ1n) is 7.96. The molecule has 0 atom stereocenters. The summed E-state index contributed by atoms with van der Waals surface area (Å²) < 4.78 is 1.30. The second kappa shape index (κ2) is 6.61. The Labute approximate surface area is 144 Å². The van der Waals surface area contributed by atoms with Gasteiger partial charge < -0.3 is 0 Å². The minimum Gasteiger partial charge on any atom is -0.298 e. The van der Waals surface area contributed by atoms with Gasteiger partial charge in [0.1, 0.15) is 4.83 Å². The lowest BCUT2D eigenvalue weighted by molar-refractivity contribution is 0.496. The van der Waals surface area contributed by atoms with Crippen molar-refractivity contribution in [1.82, 2.24) is 9.55 Å². The minimum absolute atomic E-state index is 0.199. The summed E-state index contributed by atoms with van der Waals surface area (Å²) in [5.41, 5.74) is 1.48. The van der Waals surface area contributed by atoms with Crippen LogP contribution in [0.5, 0.6) is 0 Å². The number of benzene rings is 1. The summed E-state index contributed by atoms with van der Waals surface area (Å²) in [6.45, 7) is 6.34. The molecular formula is C19H20N2O2S. The van der Waals surface area contributed by atoms with Crippen LogP contribution in [0.4, 0.5) is 0 Å². The zero-order chi connectivity index (χ0) is 17.3. The molecule has 2 aromatic heterocycles. The van der Waals surface area contributed by atoms with Gasteiger partial charge in [0, 0.05) is 11.4 Å². The standard InChI is InChI=1S/C19H20N2O2S/c1-12(2)11-21-18(22)16-13(3)15(24-17(16)20-19(21)23)10-9-14-7-5-4-6-8-14/h4-10,12H,11H2,1-3H3,(H,20,23)/b10-9+. The van der Waals surface area contributed by atoms with E-state index in [1.54, 1.807) is 0 Å². The molecule has 1 N–H and O–H groups in total. The van der Waals surface area contributed by atoms with Crippen LogP contribution in [-0.4, -0.2) is 9.55 Å². The Bertz CT molecular complexity index is 1010. The monoisotopic (exact) mass is 340 g/mol. The fraction of sp³-hybridized carbons (Fsp3) is 0.263. The number of aromatic nitrogens is 2. The Kier molecular flexibility index (Phi) is 4.53. The van der Waals surface area contributed by atoms with E-state index < -0.39 is 0 Å². The third-order valence-corrected chi connectivity index (χ3v) is 5.06. The molecule has 1 aromatic carbocycles. The highest BCUT2D eigenvalue weighted by atomic mass is 32.1. The molecular weight excluding hydrogens is 320 g/mol. The molecule has 0 unspecified atom stereocenters. The van der Waals surface area contributed by atoms with Gasteiger partial charge in [-0.25, -0.2) is 4.79 Å². The molecule has 0 fully saturated rings.